The van der Waals surface area contributed by atoms with Crippen molar-refractivity contribution >= 4 is 27.3 Å². The molecule has 4 nitrogen and oxygen atoms in total. The van der Waals surface area contributed by atoms with E-state index in [0.29, 0.717) is 16.3 Å². The topological polar surface area (TPSA) is 49.7 Å². The molecular weight excluding hydrogens is 356 g/mol. The van der Waals surface area contributed by atoms with Gasteiger partial charge in [0.25, 0.3) is 10.0 Å². The van der Waals surface area contributed by atoms with Crippen LogP contribution < -0.4 is 0 Å². The van der Waals surface area contributed by atoms with Crippen LogP contribution >= 0.6 is 11.6 Å². The predicted octanol–water partition coefficient (Wildman–Crippen LogP) is 4.01. The number of fused-ring (bicyclic) bond motifs is 2. The van der Waals surface area contributed by atoms with Gasteiger partial charge in [0.05, 0.1) is 16.6 Å². The second kappa shape index (κ2) is 5.32. The number of sulfonamides is 1. The predicted molar refractivity (Wildman–Crippen MR) is 99.5 cm³/mol. The normalized spacial score (nSPS) is 23.0. The van der Waals surface area contributed by atoms with Gasteiger partial charge in [-0.25, -0.2) is 0 Å². The number of nitrogens with zero attached hydrogens (tertiary/aromatic N) is 2. The summed E-state index contributed by atoms with van der Waals surface area (Å²) in [6, 6.07) is 12.7. The van der Waals surface area contributed by atoms with E-state index in [1.165, 1.54) is 4.41 Å². The summed E-state index contributed by atoms with van der Waals surface area (Å²) in [7, 11) is -3.64. The highest BCUT2D eigenvalue weighted by Crippen LogP contribution is 2.45. The third kappa shape index (κ3) is 2.41. The highest BCUT2D eigenvalue weighted by atomic mass is 35.5. The number of halogens is 1. The number of rotatable bonds is 1. The van der Waals surface area contributed by atoms with Crippen molar-refractivity contribution in [3.63, 3.8) is 0 Å². The zero-order chi connectivity index (χ0) is 18.0. The van der Waals surface area contributed by atoms with E-state index in [9.17, 15) is 8.42 Å². The highest BCUT2D eigenvalue weighted by Gasteiger charge is 2.52. The van der Waals surface area contributed by atoms with Crippen LogP contribution in [0.2, 0.25) is 5.02 Å². The van der Waals surface area contributed by atoms with E-state index in [0.717, 1.165) is 22.4 Å². The maximum absolute atomic E-state index is 13.1. The fraction of sp³-hybridized carbons (Fsp3) is 0.316. The van der Waals surface area contributed by atoms with E-state index < -0.39 is 15.4 Å². The van der Waals surface area contributed by atoms with Gasteiger partial charge in [0, 0.05) is 10.4 Å². The van der Waals surface area contributed by atoms with Crippen LogP contribution in [0.15, 0.2) is 52.5 Å². The Morgan fingerprint density at radius 3 is 2.52 bits per heavy atom. The smallest absolute Gasteiger partial charge is 0.200 e. The van der Waals surface area contributed by atoms with Crippen molar-refractivity contribution in [2.45, 2.75) is 38.1 Å². The van der Waals surface area contributed by atoms with Crippen molar-refractivity contribution in [2.75, 3.05) is 0 Å². The van der Waals surface area contributed by atoms with Crippen LogP contribution in [0.25, 0.3) is 0 Å². The molecule has 0 saturated heterocycles. The minimum atomic E-state index is -3.64. The van der Waals surface area contributed by atoms with E-state index in [-0.39, 0.29) is 6.04 Å². The molecule has 25 heavy (non-hydrogen) atoms. The molecule has 2 aromatic rings. The quantitative estimate of drug-likeness (QED) is 0.757. The summed E-state index contributed by atoms with van der Waals surface area (Å²) in [6.45, 7) is 6.09. The number of hydrogen-bond donors (Lipinski definition) is 0. The fourth-order valence-corrected chi connectivity index (χ4v) is 5.65. The lowest BCUT2D eigenvalue weighted by atomic mass is 9.76. The zero-order valence-corrected chi connectivity index (χ0v) is 15.9. The lowest BCUT2D eigenvalue weighted by Crippen LogP contribution is -2.47. The molecule has 0 saturated carbocycles. The first kappa shape index (κ1) is 16.6. The standard InChI is InChI=1S/C19H19ClN2O2S/c1-12-4-9-16-14(10-12)11-17-19(2,3)18(21-22(17)25(16,23)24)13-5-7-15(20)8-6-13/h4-10,17H,11H2,1-3H3/t17-/m0/s1. The van der Waals surface area contributed by atoms with E-state index in [1.807, 2.05) is 31.2 Å². The summed E-state index contributed by atoms with van der Waals surface area (Å²) < 4.78 is 27.5. The van der Waals surface area contributed by atoms with Crippen LogP contribution in [-0.2, 0) is 16.4 Å². The third-order valence-corrected chi connectivity index (χ3v) is 7.21. The van der Waals surface area contributed by atoms with Gasteiger partial charge in [-0.05, 0) is 42.7 Å². The molecule has 2 aliphatic heterocycles. The van der Waals surface area contributed by atoms with Crippen molar-refractivity contribution in [2.24, 2.45) is 10.5 Å². The Hall–Kier alpha value is -1.85. The van der Waals surface area contributed by atoms with Gasteiger partial charge in [-0.3, -0.25) is 0 Å². The molecule has 0 N–H and O–H groups in total. The van der Waals surface area contributed by atoms with E-state index in [1.54, 1.807) is 18.2 Å². The van der Waals surface area contributed by atoms with Crippen molar-refractivity contribution < 1.29 is 8.42 Å². The van der Waals surface area contributed by atoms with Crippen molar-refractivity contribution in [1.29, 1.82) is 0 Å². The lowest BCUT2D eigenvalue weighted by Gasteiger charge is -2.36. The van der Waals surface area contributed by atoms with Gasteiger partial charge in [-0.15, -0.1) is 0 Å². The first-order chi connectivity index (χ1) is 11.7. The van der Waals surface area contributed by atoms with Crippen LogP contribution in [0.3, 0.4) is 0 Å². The SMILES string of the molecule is Cc1ccc2c(c1)C[C@@H]1N(N=C(c3ccc(Cl)cc3)C1(C)C)S2(=O)=O. The van der Waals surface area contributed by atoms with Crippen molar-refractivity contribution in [1.82, 2.24) is 4.41 Å². The van der Waals surface area contributed by atoms with Gasteiger partial charge in [0.15, 0.2) is 0 Å². The molecule has 0 amide bonds. The van der Waals surface area contributed by atoms with Crippen LogP contribution in [0.4, 0.5) is 0 Å². The first-order valence-corrected chi connectivity index (χ1v) is 10.0. The summed E-state index contributed by atoms with van der Waals surface area (Å²) >= 11 is 5.99. The Labute approximate surface area is 153 Å². The largest absolute Gasteiger partial charge is 0.279 e. The lowest BCUT2D eigenvalue weighted by molar-refractivity contribution is 0.250. The summed E-state index contributed by atoms with van der Waals surface area (Å²) in [5.41, 5.74) is 3.22. The highest BCUT2D eigenvalue weighted by molar-refractivity contribution is 7.89. The summed E-state index contributed by atoms with van der Waals surface area (Å²) in [4.78, 5) is 0.367. The van der Waals surface area contributed by atoms with Crippen LogP contribution in [-0.4, -0.2) is 24.6 Å². The Kier molecular flexibility index (Phi) is 3.54. The molecule has 0 fully saturated rings. The Morgan fingerprint density at radius 2 is 1.84 bits per heavy atom. The summed E-state index contributed by atoms with van der Waals surface area (Å²) in [6.07, 6.45) is 0.657. The minimum Gasteiger partial charge on any atom is -0.200 e. The third-order valence-electron chi connectivity index (χ3n) is 5.18. The monoisotopic (exact) mass is 374 g/mol. The van der Waals surface area contributed by atoms with Gasteiger partial charge in [-0.2, -0.15) is 17.9 Å². The van der Waals surface area contributed by atoms with Gasteiger partial charge in [0.1, 0.15) is 0 Å². The number of hydrogen-bond acceptors (Lipinski definition) is 3. The van der Waals surface area contributed by atoms with Gasteiger partial charge in [0.2, 0.25) is 0 Å². The van der Waals surface area contributed by atoms with E-state index in [4.69, 9.17) is 11.6 Å². The summed E-state index contributed by atoms with van der Waals surface area (Å²) in [5.74, 6) is 0. The van der Waals surface area contributed by atoms with Crippen LogP contribution in [0.5, 0.6) is 0 Å². The molecular formula is C19H19ClN2O2S. The summed E-state index contributed by atoms with van der Waals surface area (Å²) in [5, 5.41) is 5.20. The number of aryl methyl sites for hydroxylation is 1. The second-order valence-corrected chi connectivity index (χ2v) is 9.49. The van der Waals surface area contributed by atoms with E-state index >= 15 is 0 Å². The average Bonchev–Trinajstić information content (AvgIpc) is 2.80. The second-order valence-electron chi connectivity index (χ2n) is 7.29. The molecule has 0 bridgehead atoms. The average molecular weight is 375 g/mol. The van der Waals surface area contributed by atoms with Crippen LogP contribution in [0.1, 0.15) is 30.5 Å². The molecule has 130 valence electrons. The van der Waals surface area contributed by atoms with Gasteiger partial charge < -0.3 is 0 Å². The molecule has 6 heteroatoms. The molecule has 2 aromatic carbocycles. The molecule has 4 rings (SSSR count). The molecule has 2 heterocycles. The maximum atomic E-state index is 13.1. The molecule has 0 aromatic heterocycles. The maximum Gasteiger partial charge on any atom is 0.279 e. The molecule has 0 unspecified atom stereocenters. The molecule has 1 atom stereocenters. The number of benzene rings is 2. The van der Waals surface area contributed by atoms with Crippen LogP contribution in [0, 0.1) is 12.3 Å². The van der Waals surface area contributed by atoms with E-state index in [2.05, 4.69) is 18.9 Å². The van der Waals surface area contributed by atoms with Gasteiger partial charge in [-0.1, -0.05) is 55.3 Å². The fourth-order valence-electron chi connectivity index (χ4n) is 3.75. The van der Waals surface area contributed by atoms with Crippen molar-refractivity contribution in [3.05, 3.63) is 64.2 Å². The Balaban J connectivity index is 1.87. The minimum absolute atomic E-state index is 0.225. The Bertz CT molecular complexity index is 995. The molecule has 0 aliphatic carbocycles. The Morgan fingerprint density at radius 1 is 1.16 bits per heavy atom. The molecule has 0 radical (unpaired) electrons. The molecule has 0 spiro atoms. The first-order valence-electron chi connectivity index (χ1n) is 8.20. The van der Waals surface area contributed by atoms with Crippen molar-refractivity contribution in [3.8, 4) is 0 Å². The zero-order valence-electron chi connectivity index (χ0n) is 14.3. The number of hydrazone groups is 1. The van der Waals surface area contributed by atoms with Gasteiger partial charge >= 0.3 is 0 Å². The molecule has 2 aliphatic rings.